The second kappa shape index (κ2) is 5.11. The number of carbonyl (C=O) groups excluding carboxylic acids is 1. The molecule has 0 spiro atoms. The fourth-order valence-electron chi connectivity index (χ4n) is 3.79. The van der Waals surface area contributed by atoms with Crippen LogP contribution in [0.5, 0.6) is 0 Å². The lowest BCUT2D eigenvalue weighted by Crippen LogP contribution is -2.42. The van der Waals surface area contributed by atoms with E-state index in [1.54, 1.807) is 0 Å². The van der Waals surface area contributed by atoms with E-state index in [0.29, 0.717) is 5.92 Å². The van der Waals surface area contributed by atoms with E-state index in [1.165, 1.54) is 12.1 Å². The number of nitrogens with one attached hydrogen (secondary N) is 1. The molecule has 2 aliphatic rings. The molecule has 0 radical (unpaired) electrons. The maximum Gasteiger partial charge on any atom is 0.340 e. The molecule has 112 valence electrons. The predicted molar refractivity (Wildman–Crippen MR) is 74.3 cm³/mol. The van der Waals surface area contributed by atoms with E-state index in [2.05, 4.69) is 5.32 Å². The predicted octanol–water partition coefficient (Wildman–Crippen LogP) is 1.84. The molecule has 1 amide bonds. The maximum absolute atomic E-state index is 13.6. The quantitative estimate of drug-likeness (QED) is 0.792. The number of anilines is 1. The summed E-state index contributed by atoms with van der Waals surface area (Å²) in [5.74, 6) is -2.25. The third-order valence-corrected chi connectivity index (χ3v) is 4.77. The van der Waals surface area contributed by atoms with E-state index in [1.807, 2.05) is 0 Å². The Kier molecular flexibility index (Phi) is 3.41. The fraction of sp³-hybridized carbons (Fsp3) is 0.467. The van der Waals surface area contributed by atoms with Gasteiger partial charge in [-0.05, 0) is 43.2 Å². The van der Waals surface area contributed by atoms with Crippen LogP contribution >= 0.6 is 0 Å². The van der Waals surface area contributed by atoms with Gasteiger partial charge in [0.15, 0.2) is 0 Å². The molecule has 0 aromatic heterocycles. The van der Waals surface area contributed by atoms with Gasteiger partial charge in [0.05, 0.1) is 11.6 Å². The Morgan fingerprint density at radius 3 is 2.62 bits per heavy atom. The van der Waals surface area contributed by atoms with Gasteiger partial charge in [0.25, 0.3) is 0 Å². The van der Waals surface area contributed by atoms with Crippen molar-refractivity contribution in [3.63, 3.8) is 0 Å². The molecule has 1 aromatic rings. The lowest BCUT2D eigenvalue weighted by molar-refractivity contribution is -0.121. The first-order chi connectivity index (χ1) is 9.99. The normalized spacial score (nSPS) is 30.4. The molecule has 2 bridgehead atoms. The van der Waals surface area contributed by atoms with Crippen LogP contribution in [0.4, 0.5) is 10.1 Å². The third-order valence-electron chi connectivity index (χ3n) is 4.77. The molecule has 0 saturated heterocycles. The van der Waals surface area contributed by atoms with Crippen LogP contribution in [0.25, 0.3) is 0 Å². The van der Waals surface area contributed by atoms with E-state index < -0.39 is 17.3 Å². The summed E-state index contributed by atoms with van der Waals surface area (Å²) in [6.07, 6.45) is 2.98. The maximum atomic E-state index is 13.6. The van der Waals surface area contributed by atoms with Gasteiger partial charge in [-0.2, -0.15) is 0 Å². The van der Waals surface area contributed by atoms with Crippen LogP contribution < -0.4 is 11.1 Å². The Balaban J connectivity index is 1.83. The number of halogens is 1. The monoisotopic (exact) mass is 292 g/mol. The van der Waals surface area contributed by atoms with Crippen LogP contribution in [0.15, 0.2) is 18.2 Å². The lowest BCUT2D eigenvalue weighted by Gasteiger charge is -2.27. The highest BCUT2D eigenvalue weighted by molar-refractivity contribution is 6.01. The molecule has 0 aliphatic heterocycles. The zero-order chi connectivity index (χ0) is 15.1. The van der Waals surface area contributed by atoms with Gasteiger partial charge in [-0.1, -0.05) is 6.07 Å². The number of aromatic carboxylic acids is 1. The van der Waals surface area contributed by atoms with Crippen LogP contribution in [0, 0.1) is 23.6 Å². The Hall–Kier alpha value is -1.95. The Bertz CT molecular complexity index is 603. The van der Waals surface area contributed by atoms with E-state index >= 15 is 0 Å². The number of carboxylic acids is 1. The molecule has 2 saturated carbocycles. The number of carboxylic acid groups (broad SMARTS) is 1. The van der Waals surface area contributed by atoms with Crippen molar-refractivity contribution in [1.29, 1.82) is 0 Å². The van der Waals surface area contributed by atoms with E-state index in [9.17, 15) is 14.0 Å². The molecular formula is C15H17FN2O3. The highest BCUT2D eigenvalue weighted by atomic mass is 19.1. The molecule has 2 fully saturated rings. The van der Waals surface area contributed by atoms with Crippen LogP contribution in [0.3, 0.4) is 0 Å². The number of amides is 1. The summed E-state index contributed by atoms with van der Waals surface area (Å²) >= 11 is 0. The molecule has 1 aromatic carbocycles. The van der Waals surface area contributed by atoms with Gasteiger partial charge in [-0.25, -0.2) is 9.18 Å². The molecular weight excluding hydrogens is 275 g/mol. The van der Waals surface area contributed by atoms with Gasteiger partial charge in [0.1, 0.15) is 11.4 Å². The van der Waals surface area contributed by atoms with Gasteiger partial charge in [0, 0.05) is 6.04 Å². The number of hydrogen-bond acceptors (Lipinski definition) is 3. The van der Waals surface area contributed by atoms with E-state index in [-0.39, 0.29) is 29.5 Å². The van der Waals surface area contributed by atoms with Crippen molar-refractivity contribution in [2.75, 3.05) is 5.32 Å². The number of nitrogens with two attached hydrogens (primary N) is 1. The second-order valence-electron chi connectivity index (χ2n) is 5.89. The summed E-state index contributed by atoms with van der Waals surface area (Å²) in [6.45, 7) is 0. The first kappa shape index (κ1) is 14.0. The van der Waals surface area contributed by atoms with Crippen LogP contribution in [-0.4, -0.2) is 23.0 Å². The average Bonchev–Trinajstić information content (AvgIpc) is 2.98. The van der Waals surface area contributed by atoms with Gasteiger partial charge >= 0.3 is 5.97 Å². The summed E-state index contributed by atoms with van der Waals surface area (Å²) in [4.78, 5) is 23.5. The molecule has 4 atom stereocenters. The molecule has 0 heterocycles. The Labute approximate surface area is 121 Å². The van der Waals surface area contributed by atoms with Crippen molar-refractivity contribution in [3.05, 3.63) is 29.6 Å². The number of fused-ring (bicyclic) bond motifs is 2. The van der Waals surface area contributed by atoms with Crippen LogP contribution in [0.1, 0.15) is 29.6 Å². The summed E-state index contributed by atoms with van der Waals surface area (Å²) < 4.78 is 13.6. The van der Waals surface area contributed by atoms with Crippen molar-refractivity contribution in [1.82, 2.24) is 0 Å². The first-order valence-electron chi connectivity index (χ1n) is 7.07. The van der Waals surface area contributed by atoms with Gasteiger partial charge in [-0.3, -0.25) is 4.79 Å². The largest absolute Gasteiger partial charge is 0.478 e. The number of rotatable bonds is 3. The fourth-order valence-corrected chi connectivity index (χ4v) is 3.79. The standard InChI is InChI=1S/C15H17FN2O3/c16-9-2-1-3-10(12(9)15(20)21)18-14(19)11-7-4-5-8(6-7)13(11)17/h1-3,7-8,11,13H,4-6,17H2,(H,18,19)(H,20,21). The number of carbonyl (C=O) groups is 2. The molecule has 5 nitrogen and oxygen atoms in total. The van der Waals surface area contributed by atoms with E-state index in [4.69, 9.17) is 10.8 Å². The van der Waals surface area contributed by atoms with Crippen LogP contribution in [-0.2, 0) is 4.79 Å². The molecule has 6 heteroatoms. The minimum absolute atomic E-state index is 0.0116. The lowest BCUT2D eigenvalue weighted by atomic mass is 9.84. The number of benzene rings is 1. The third kappa shape index (κ3) is 2.29. The SMILES string of the molecule is NC1C2CCC(C2)C1C(=O)Nc1cccc(F)c1C(=O)O. The summed E-state index contributed by atoms with van der Waals surface area (Å²) in [5.41, 5.74) is 5.57. The zero-order valence-electron chi connectivity index (χ0n) is 11.4. The van der Waals surface area contributed by atoms with Crippen molar-refractivity contribution in [3.8, 4) is 0 Å². The zero-order valence-corrected chi connectivity index (χ0v) is 11.4. The highest BCUT2D eigenvalue weighted by Crippen LogP contribution is 2.48. The minimum Gasteiger partial charge on any atom is -0.478 e. The van der Waals surface area contributed by atoms with Crippen molar-refractivity contribution in [2.24, 2.45) is 23.5 Å². The van der Waals surface area contributed by atoms with Crippen molar-refractivity contribution < 1.29 is 19.1 Å². The number of hydrogen-bond donors (Lipinski definition) is 3. The smallest absolute Gasteiger partial charge is 0.340 e. The second-order valence-corrected chi connectivity index (χ2v) is 5.89. The molecule has 4 unspecified atom stereocenters. The Morgan fingerprint density at radius 2 is 2.00 bits per heavy atom. The highest BCUT2D eigenvalue weighted by Gasteiger charge is 2.49. The van der Waals surface area contributed by atoms with Crippen LogP contribution in [0.2, 0.25) is 0 Å². The van der Waals surface area contributed by atoms with E-state index in [0.717, 1.165) is 25.3 Å². The topological polar surface area (TPSA) is 92.4 Å². The molecule has 3 rings (SSSR count). The van der Waals surface area contributed by atoms with Crippen molar-refractivity contribution in [2.45, 2.75) is 25.3 Å². The summed E-state index contributed by atoms with van der Waals surface area (Å²) in [6, 6.07) is 3.63. The molecule has 2 aliphatic carbocycles. The summed E-state index contributed by atoms with van der Waals surface area (Å²) in [5, 5.41) is 11.6. The molecule has 4 N–H and O–H groups in total. The van der Waals surface area contributed by atoms with Gasteiger partial charge in [0.2, 0.25) is 5.91 Å². The molecule has 21 heavy (non-hydrogen) atoms. The van der Waals surface area contributed by atoms with Gasteiger partial charge < -0.3 is 16.2 Å². The minimum atomic E-state index is -1.40. The summed E-state index contributed by atoms with van der Waals surface area (Å²) in [7, 11) is 0. The average molecular weight is 292 g/mol. The Morgan fingerprint density at radius 1 is 1.29 bits per heavy atom. The van der Waals surface area contributed by atoms with Crippen molar-refractivity contribution >= 4 is 17.6 Å². The first-order valence-corrected chi connectivity index (χ1v) is 7.07. The van der Waals surface area contributed by atoms with Gasteiger partial charge in [-0.15, -0.1) is 0 Å².